The summed E-state index contributed by atoms with van der Waals surface area (Å²) in [5, 5.41) is 1.13. The van der Waals surface area contributed by atoms with Crippen molar-refractivity contribution in [2.75, 3.05) is 11.9 Å². The van der Waals surface area contributed by atoms with Crippen LogP contribution in [-0.4, -0.2) is 17.7 Å². The Morgan fingerprint density at radius 3 is 2.10 bits per heavy atom. The van der Waals surface area contributed by atoms with Crippen molar-refractivity contribution in [2.45, 2.75) is 58.3 Å². The molecule has 21 heavy (non-hydrogen) atoms. The molecule has 1 aromatic carbocycles. The summed E-state index contributed by atoms with van der Waals surface area (Å²) in [5.74, 6) is 1.10. The number of ketones is 1. The molecule has 0 radical (unpaired) electrons. The van der Waals surface area contributed by atoms with Crippen LogP contribution in [0.1, 0.15) is 57.4 Å². The van der Waals surface area contributed by atoms with E-state index in [1.165, 1.54) is 38.5 Å². The first-order chi connectivity index (χ1) is 10.2. The average molecular weight is 355 g/mol. The van der Waals surface area contributed by atoms with Crippen molar-refractivity contribution in [1.82, 2.24) is 0 Å². The van der Waals surface area contributed by atoms with Crippen LogP contribution in [0.2, 0.25) is 0 Å². The van der Waals surface area contributed by atoms with Crippen LogP contribution in [0.25, 0.3) is 0 Å². The number of benzene rings is 1. The molecular weight excluding hydrogens is 328 g/mol. The van der Waals surface area contributed by atoms with Gasteiger partial charge in [0.15, 0.2) is 0 Å². The Hall–Kier alpha value is -0.830. The molecule has 0 aliphatic heterocycles. The molecule has 0 saturated carbocycles. The van der Waals surface area contributed by atoms with E-state index in [-0.39, 0.29) is 5.78 Å². The van der Waals surface area contributed by atoms with Crippen LogP contribution in [0.5, 0.6) is 5.75 Å². The van der Waals surface area contributed by atoms with E-state index in [0.29, 0.717) is 6.42 Å². The number of alkyl halides is 1. The summed E-state index contributed by atoms with van der Waals surface area (Å²) in [7, 11) is 0. The molecule has 0 spiro atoms. The summed E-state index contributed by atoms with van der Waals surface area (Å²) in [6.07, 6.45) is 9.51. The van der Waals surface area contributed by atoms with Crippen molar-refractivity contribution in [3.63, 3.8) is 0 Å². The van der Waals surface area contributed by atoms with Crippen LogP contribution < -0.4 is 4.74 Å². The van der Waals surface area contributed by atoms with Crippen LogP contribution in [0.3, 0.4) is 0 Å². The number of Topliss-reactive ketones (excluding diaryl/α,β-unsaturated/α-hetero) is 1. The third-order valence-electron chi connectivity index (χ3n) is 3.42. The van der Waals surface area contributed by atoms with Gasteiger partial charge in [0.1, 0.15) is 11.5 Å². The largest absolute Gasteiger partial charge is 0.494 e. The Bertz CT molecular complexity index is 387. The third-order valence-corrected chi connectivity index (χ3v) is 3.98. The van der Waals surface area contributed by atoms with Gasteiger partial charge in [-0.3, -0.25) is 4.79 Å². The zero-order chi connectivity index (χ0) is 15.3. The third kappa shape index (κ3) is 9.67. The molecular formula is C18H27BrO2. The number of carbonyl (C=O) groups is 1. The van der Waals surface area contributed by atoms with Crippen molar-refractivity contribution < 1.29 is 9.53 Å². The van der Waals surface area contributed by atoms with Gasteiger partial charge in [-0.25, -0.2) is 0 Å². The average Bonchev–Trinajstić information content (AvgIpc) is 2.47. The summed E-state index contributed by atoms with van der Waals surface area (Å²) in [6, 6.07) is 7.86. The van der Waals surface area contributed by atoms with Crippen molar-refractivity contribution >= 4 is 21.7 Å². The molecule has 0 atom stereocenters. The van der Waals surface area contributed by atoms with Crippen LogP contribution in [-0.2, 0) is 11.2 Å². The van der Waals surface area contributed by atoms with Crippen molar-refractivity contribution in [3.05, 3.63) is 29.8 Å². The number of carbonyl (C=O) groups excluding carboxylic acids is 1. The monoisotopic (exact) mass is 354 g/mol. The normalized spacial score (nSPS) is 10.6. The molecule has 0 aliphatic rings. The molecule has 0 fully saturated rings. The van der Waals surface area contributed by atoms with Gasteiger partial charge in [-0.1, -0.05) is 60.2 Å². The van der Waals surface area contributed by atoms with E-state index in [1.54, 1.807) is 6.92 Å². The maximum atomic E-state index is 11.0. The number of hydrogen-bond acceptors (Lipinski definition) is 2. The van der Waals surface area contributed by atoms with E-state index in [1.807, 2.05) is 24.3 Å². The predicted molar refractivity (Wildman–Crippen MR) is 92.4 cm³/mol. The van der Waals surface area contributed by atoms with Crippen LogP contribution in [0, 0.1) is 0 Å². The fraction of sp³-hybridized carbons (Fsp3) is 0.611. The first-order valence-electron chi connectivity index (χ1n) is 7.99. The molecule has 0 unspecified atom stereocenters. The van der Waals surface area contributed by atoms with E-state index >= 15 is 0 Å². The molecule has 0 saturated heterocycles. The quantitative estimate of drug-likeness (QED) is 0.375. The fourth-order valence-electron chi connectivity index (χ4n) is 2.26. The number of ether oxygens (including phenoxy) is 1. The highest BCUT2D eigenvalue weighted by Crippen LogP contribution is 2.14. The molecule has 0 aliphatic carbocycles. The van der Waals surface area contributed by atoms with Gasteiger partial charge in [-0.05, 0) is 37.5 Å². The highest BCUT2D eigenvalue weighted by Gasteiger charge is 1.99. The number of rotatable bonds is 12. The molecule has 3 heteroatoms. The van der Waals surface area contributed by atoms with Gasteiger partial charge in [0, 0.05) is 11.8 Å². The minimum atomic E-state index is 0.194. The second-order valence-electron chi connectivity index (χ2n) is 5.54. The smallest absolute Gasteiger partial charge is 0.134 e. The lowest BCUT2D eigenvalue weighted by Crippen LogP contribution is -1.99. The molecule has 0 amide bonds. The lowest BCUT2D eigenvalue weighted by atomic mass is 10.1. The highest BCUT2D eigenvalue weighted by molar-refractivity contribution is 9.09. The van der Waals surface area contributed by atoms with Gasteiger partial charge in [0.05, 0.1) is 6.61 Å². The summed E-state index contributed by atoms with van der Waals surface area (Å²) < 4.78 is 5.72. The summed E-state index contributed by atoms with van der Waals surface area (Å²) in [6.45, 7) is 2.40. The highest BCUT2D eigenvalue weighted by atomic mass is 79.9. The molecule has 2 nitrogen and oxygen atoms in total. The first-order valence-corrected chi connectivity index (χ1v) is 9.11. The Morgan fingerprint density at radius 2 is 1.52 bits per heavy atom. The standard InChI is InChI=1S/C18H27BrO2/c1-16(20)15-17-9-11-18(12-10-17)21-14-8-6-4-2-3-5-7-13-19/h9-12H,2-8,13-15H2,1H3. The summed E-state index contributed by atoms with van der Waals surface area (Å²) in [4.78, 5) is 11.0. The number of unbranched alkanes of at least 4 members (excludes halogenated alkanes) is 6. The second kappa shape index (κ2) is 11.8. The maximum absolute atomic E-state index is 11.0. The van der Waals surface area contributed by atoms with Gasteiger partial charge in [0.2, 0.25) is 0 Å². The molecule has 0 aromatic heterocycles. The van der Waals surface area contributed by atoms with Gasteiger partial charge >= 0.3 is 0 Å². The Kier molecular flexibility index (Phi) is 10.2. The van der Waals surface area contributed by atoms with E-state index in [4.69, 9.17) is 4.74 Å². The Labute approximate surface area is 137 Å². The van der Waals surface area contributed by atoms with E-state index in [0.717, 1.165) is 29.7 Å². The van der Waals surface area contributed by atoms with E-state index < -0.39 is 0 Å². The molecule has 1 aromatic rings. The number of halogens is 1. The topological polar surface area (TPSA) is 26.3 Å². The fourth-order valence-corrected chi connectivity index (χ4v) is 2.66. The lowest BCUT2D eigenvalue weighted by molar-refractivity contribution is -0.116. The SMILES string of the molecule is CC(=O)Cc1ccc(OCCCCCCCCCBr)cc1. The van der Waals surface area contributed by atoms with E-state index in [2.05, 4.69) is 15.9 Å². The maximum Gasteiger partial charge on any atom is 0.134 e. The minimum Gasteiger partial charge on any atom is -0.494 e. The summed E-state index contributed by atoms with van der Waals surface area (Å²) >= 11 is 3.46. The van der Waals surface area contributed by atoms with E-state index in [9.17, 15) is 4.79 Å². The van der Waals surface area contributed by atoms with Gasteiger partial charge < -0.3 is 4.74 Å². The molecule has 0 N–H and O–H groups in total. The second-order valence-corrected chi connectivity index (χ2v) is 6.33. The van der Waals surface area contributed by atoms with Crippen LogP contribution >= 0.6 is 15.9 Å². The molecule has 0 heterocycles. The van der Waals surface area contributed by atoms with Gasteiger partial charge in [-0.2, -0.15) is 0 Å². The number of hydrogen-bond donors (Lipinski definition) is 0. The first kappa shape index (κ1) is 18.2. The Balaban J connectivity index is 2.03. The van der Waals surface area contributed by atoms with Crippen molar-refractivity contribution in [2.24, 2.45) is 0 Å². The molecule has 118 valence electrons. The van der Waals surface area contributed by atoms with Crippen molar-refractivity contribution in [3.8, 4) is 5.75 Å². The lowest BCUT2D eigenvalue weighted by Gasteiger charge is -2.07. The van der Waals surface area contributed by atoms with Crippen LogP contribution in [0.15, 0.2) is 24.3 Å². The summed E-state index contributed by atoms with van der Waals surface area (Å²) in [5.41, 5.74) is 1.05. The van der Waals surface area contributed by atoms with Gasteiger partial charge in [-0.15, -0.1) is 0 Å². The van der Waals surface area contributed by atoms with Crippen LogP contribution in [0.4, 0.5) is 0 Å². The minimum absolute atomic E-state index is 0.194. The van der Waals surface area contributed by atoms with Gasteiger partial charge in [0.25, 0.3) is 0 Å². The predicted octanol–water partition coefficient (Wildman–Crippen LogP) is 5.32. The molecule has 1 rings (SSSR count). The zero-order valence-corrected chi connectivity index (χ0v) is 14.7. The van der Waals surface area contributed by atoms with Crippen molar-refractivity contribution in [1.29, 1.82) is 0 Å². The molecule has 0 bridgehead atoms. The Morgan fingerprint density at radius 1 is 0.952 bits per heavy atom. The zero-order valence-electron chi connectivity index (χ0n) is 13.1.